The summed E-state index contributed by atoms with van der Waals surface area (Å²) in [7, 11) is 0. The predicted octanol–water partition coefficient (Wildman–Crippen LogP) is 4.07. The second-order valence-electron chi connectivity index (χ2n) is 5.62. The van der Waals surface area contributed by atoms with E-state index < -0.39 is 0 Å². The number of amides is 1. The number of fused-ring (bicyclic) bond motifs is 1. The van der Waals surface area contributed by atoms with Gasteiger partial charge in [-0.15, -0.1) is 0 Å². The lowest BCUT2D eigenvalue weighted by molar-refractivity contribution is 0.102. The van der Waals surface area contributed by atoms with E-state index in [0.717, 1.165) is 21.2 Å². The Morgan fingerprint density at radius 3 is 2.80 bits per heavy atom. The Morgan fingerprint density at radius 1 is 1.16 bits per heavy atom. The number of aryl methyl sites for hydroxylation is 1. The van der Waals surface area contributed by atoms with Gasteiger partial charge in [0.2, 0.25) is 5.95 Å². The van der Waals surface area contributed by atoms with Crippen molar-refractivity contribution in [3.05, 3.63) is 70.3 Å². The molecular formula is C18H14BrN5O. The summed E-state index contributed by atoms with van der Waals surface area (Å²) in [6.45, 7) is 1.87. The summed E-state index contributed by atoms with van der Waals surface area (Å²) < 4.78 is 2.45. The van der Waals surface area contributed by atoms with E-state index in [9.17, 15) is 4.79 Å². The zero-order valence-electron chi connectivity index (χ0n) is 13.3. The Hall–Kier alpha value is -2.93. The molecule has 0 atom stereocenters. The first-order chi connectivity index (χ1) is 12.1. The number of aromatic nitrogens is 4. The molecule has 124 valence electrons. The second-order valence-corrected chi connectivity index (χ2v) is 6.54. The fraction of sp³-hybridized carbons (Fsp3) is 0.0556. The van der Waals surface area contributed by atoms with Crippen molar-refractivity contribution in [1.82, 2.24) is 19.7 Å². The minimum atomic E-state index is -0.210. The summed E-state index contributed by atoms with van der Waals surface area (Å²) in [6.07, 6.45) is 0. The van der Waals surface area contributed by atoms with Gasteiger partial charge in [0.15, 0.2) is 0 Å². The molecular weight excluding hydrogens is 382 g/mol. The van der Waals surface area contributed by atoms with Crippen LogP contribution in [-0.2, 0) is 0 Å². The normalized spacial score (nSPS) is 11.0. The summed E-state index contributed by atoms with van der Waals surface area (Å²) in [5, 5.41) is 7.34. The number of para-hydroxylation sites is 2. The Morgan fingerprint density at radius 2 is 2.00 bits per heavy atom. The van der Waals surface area contributed by atoms with Gasteiger partial charge < -0.3 is 10.3 Å². The summed E-state index contributed by atoms with van der Waals surface area (Å²) in [5.41, 5.74) is 3.10. The molecule has 2 heterocycles. The number of carbonyl (C=O) groups excluding carboxylic acids is 1. The van der Waals surface area contributed by atoms with E-state index in [2.05, 4.69) is 36.3 Å². The van der Waals surface area contributed by atoms with Crippen LogP contribution in [0, 0.1) is 6.92 Å². The molecule has 0 saturated heterocycles. The fourth-order valence-corrected chi connectivity index (χ4v) is 3.01. The number of carbonyl (C=O) groups is 1. The van der Waals surface area contributed by atoms with Crippen LogP contribution in [0.3, 0.4) is 0 Å². The Kier molecular flexibility index (Phi) is 3.85. The molecule has 25 heavy (non-hydrogen) atoms. The van der Waals surface area contributed by atoms with E-state index in [1.165, 1.54) is 0 Å². The number of imidazole rings is 1. The first-order valence-corrected chi connectivity index (χ1v) is 8.48. The van der Waals surface area contributed by atoms with Gasteiger partial charge in [-0.05, 0) is 37.3 Å². The van der Waals surface area contributed by atoms with Crippen LogP contribution in [0.25, 0.3) is 17.0 Å². The van der Waals surface area contributed by atoms with E-state index >= 15 is 0 Å². The number of rotatable bonds is 3. The van der Waals surface area contributed by atoms with Crippen LogP contribution in [0.1, 0.15) is 16.1 Å². The number of benzene rings is 2. The minimum Gasteiger partial charge on any atom is -0.322 e. The van der Waals surface area contributed by atoms with Crippen molar-refractivity contribution in [3.63, 3.8) is 0 Å². The van der Waals surface area contributed by atoms with Crippen LogP contribution in [0.4, 0.5) is 5.82 Å². The highest BCUT2D eigenvalue weighted by Gasteiger charge is 2.15. The van der Waals surface area contributed by atoms with Crippen LogP contribution >= 0.6 is 15.9 Å². The Balaban J connectivity index is 1.70. The molecule has 0 bridgehead atoms. The zero-order valence-corrected chi connectivity index (χ0v) is 14.9. The monoisotopic (exact) mass is 395 g/mol. The smallest absolute Gasteiger partial charge is 0.256 e. The molecule has 0 fully saturated rings. The molecule has 0 spiro atoms. The van der Waals surface area contributed by atoms with Crippen molar-refractivity contribution >= 4 is 38.7 Å². The quantitative estimate of drug-likeness (QED) is 0.548. The summed E-state index contributed by atoms with van der Waals surface area (Å²) in [6, 6.07) is 16.8. The van der Waals surface area contributed by atoms with Gasteiger partial charge in [0.1, 0.15) is 5.82 Å². The molecule has 6 nitrogen and oxygen atoms in total. The van der Waals surface area contributed by atoms with Gasteiger partial charge in [0.05, 0.1) is 16.7 Å². The average molecular weight is 396 g/mol. The lowest BCUT2D eigenvalue weighted by Gasteiger charge is -2.07. The maximum absolute atomic E-state index is 12.5. The molecule has 2 aromatic carbocycles. The molecule has 0 saturated carbocycles. The predicted molar refractivity (Wildman–Crippen MR) is 100 cm³/mol. The SMILES string of the molecule is Cc1cc(NC(=O)c2cccc(Br)c2)n(-c2nc3ccccc3[nH]2)n1. The van der Waals surface area contributed by atoms with Gasteiger partial charge in [-0.2, -0.15) is 9.78 Å². The van der Waals surface area contributed by atoms with Gasteiger partial charge >= 0.3 is 0 Å². The summed E-state index contributed by atoms with van der Waals surface area (Å²) in [4.78, 5) is 20.3. The van der Waals surface area contributed by atoms with Crippen molar-refractivity contribution in [3.8, 4) is 5.95 Å². The largest absolute Gasteiger partial charge is 0.322 e. The average Bonchev–Trinajstić information content (AvgIpc) is 3.17. The van der Waals surface area contributed by atoms with E-state index in [-0.39, 0.29) is 5.91 Å². The Bertz CT molecular complexity index is 1050. The molecule has 0 aliphatic rings. The Labute approximate surface area is 152 Å². The fourth-order valence-electron chi connectivity index (χ4n) is 2.61. The van der Waals surface area contributed by atoms with E-state index in [0.29, 0.717) is 17.3 Å². The maximum Gasteiger partial charge on any atom is 0.256 e. The number of nitrogens with zero attached hydrogens (tertiary/aromatic N) is 3. The van der Waals surface area contributed by atoms with Crippen LogP contribution in [-0.4, -0.2) is 25.7 Å². The highest BCUT2D eigenvalue weighted by Crippen LogP contribution is 2.20. The molecule has 2 N–H and O–H groups in total. The summed E-state index contributed by atoms with van der Waals surface area (Å²) >= 11 is 3.38. The van der Waals surface area contributed by atoms with Gasteiger partial charge in [0, 0.05) is 16.1 Å². The topological polar surface area (TPSA) is 75.6 Å². The summed E-state index contributed by atoms with van der Waals surface area (Å²) in [5.74, 6) is 0.902. The lowest BCUT2D eigenvalue weighted by Crippen LogP contribution is -2.15. The minimum absolute atomic E-state index is 0.210. The van der Waals surface area contributed by atoms with Gasteiger partial charge in [0.25, 0.3) is 5.91 Å². The van der Waals surface area contributed by atoms with Crippen molar-refractivity contribution < 1.29 is 4.79 Å². The van der Waals surface area contributed by atoms with Crippen molar-refractivity contribution in [2.75, 3.05) is 5.32 Å². The standard InChI is InChI=1S/C18H14BrN5O/c1-11-9-16(22-17(25)12-5-4-6-13(19)10-12)24(23-11)18-20-14-7-2-3-8-15(14)21-18/h2-10H,1H3,(H,20,21)(H,22,25). The first kappa shape index (κ1) is 15.6. The van der Waals surface area contributed by atoms with Crippen LogP contribution in [0.2, 0.25) is 0 Å². The number of hydrogen-bond acceptors (Lipinski definition) is 3. The van der Waals surface area contributed by atoms with Gasteiger partial charge in [-0.3, -0.25) is 4.79 Å². The molecule has 2 aromatic heterocycles. The number of anilines is 1. The molecule has 0 aliphatic heterocycles. The number of halogens is 1. The number of hydrogen-bond donors (Lipinski definition) is 2. The van der Waals surface area contributed by atoms with Crippen LogP contribution in [0.15, 0.2) is 59.1 Å². The van der Waals surface area contributed by atoms with Crippen LogP contribution < -0.4 is 5.32 Å². The molecule has 7 heteroatoms. The van der Waals surface area contributed by atoms with Crippen molar-refractivity contribution in [1.29, 1.82) is 0 Å². The lowest BCUT2D eigenvalue weighted by atomic mass is 10.2. The number of nitrogens with one attached hydrogen (secondary N) is 2. The molecule has 0 radical (unpaired) electrons. The highest BCUT2D eigenvalue weighted by molar-refractivity contribution is 9.10. The molecule has 1 amide bonds. The maximum atomic E-state index is 12.5. The number of H-pyrrole nitrogens is 1. The van der Waals surface area contributed by atoms with Gasteiger partial charge in [-0.1, -0.05) is 34.1 Å². The number of aromatic amines is 1. The van der Waals surface area contributed by atoms with Crippen molar-refractivity contribution in [2.24, 2.45) is 0 Å². The third-order valence-electron chi connectivity index (χ3n) is 3.74. The first-order valence-electron chi connectivity index (χ1n) is 7.69. The molecule has 4 rings (SSSR count). The highest BCUT2D eigenvalue weighted by atomic mass is 79.9. The van der Waals surface area contributed by atoms with Gasteiger partial charge in [-0.25, -0.2) is 4.98 Å². The van der Waals surface area contributed by atoms with E-state index in [1.807, 2.05) is 49.4 Å². The van der Waals surface area contributed by atoms with Crippen molar-refractivity contribution in [2.45, 2.75) is 6.92 Å². The second kappa shape index (κ2) is 6.18. The van der Waals surface area contributed by atoms with E-state index in [4.69, 9.17) is 0 Å². The van der Waals surface area contributed by atoms with E-state index in [1.54, 1.807) is 16.8 Å². The third-order valence-corrected chi connectivity index (χ3v) is 4.23. The molecule has 0 aliphatic carbocycles. The third kappa shape index (κ3) is 3.06. The zero-order chi connectivity index (χ0) is 17.4. The molecule has 4 aromatic rings. The molecule has 0 unspecified atom stereocenters. The van der Waals surface area contributed by atoms with Crippen LogP contribution in [0.5, 0.6) is 0 Å².